The van der Waals surface area contributed by atoms with Crippen LogP contribution in [0, 0.1) is 0 Å². The van der Waals surface area contributed by atoms with Gasteiger partial charge >= 0.3 is 0 Å². The maximum Gasteiger partial charge on any atom is 0.242 e. The van der Waals surface area contributed by atoms with Gasteiger partial charge in [-0.25, -0.2) is 0 Å². The number of carbonyl (C=O) groups excluding carboxylic acids is 2. The largest absolute Gasteiger partial charge is 0.379 e. The van der Waals surface area contributed by atoms with Gasteiger partial charge in [0.05, 0.1) is 25.3 Å². The van der Waals surface area contributed by atoms with Gasteiger partial charge in [0.15, 0.2) is 0 Å². The molecule has 2 aliphatic heterocycles. The van der Waals surface area contributed by atoms with Crippen molar-refractivity contribution < 1.29 is 14.3 Å². The van der Waals surface area contributed by atoms with E-state index >= 15 is 0 Å². The average molecular weight is 411 g/mol. The number of nitrogens with zero attached hydrogens (tertiary/aromatic N) is 3. The third kappa shape index (κ3) is 5.70. The van der Waals surface area contributed by atoms with Crippen LogP contribution < -0.4 is 5.73 Å². The van der Waals surface area contributed by atoms with E-state index in [4.69, 9.17) is 10.5 Å². The minimum atomic E-state index is -0.668. The van der Waals surface area contributed by atoms with Crippen LogP contribution in [0.2, 0.25) is 0 Å². The van der Waals surface area contributed by atoms with E-state index in [2.05, 4.69) is 4.90 Å². The molecule has 7 nitrogen and oxygen atoms in total. The van der Waals surface area contributed by atoms with Crippen molar-refractivity contribution in [3.05, 3.63) is 0 Å². The molecule has 3 rings (SSSR count). The summed E-state index contributed by atoms with van der Waals surface area (Å²) in [5.74, 6) is 0.242. The van der Waals surface area contributed by atoms with Gasteiger partial charge in [0.2, 0.25) is 11.8 Å². The van der Waals surface area contributed by atoms with Crippen molar-refractivity contribution in [2.45, 2.75) is 37.6 Å². The SMILES string of the molecule is Cl.Cl.NC1(C(=O)N2CCN(C(=O)CN3CCOCC3)CC2)CCCCC1. The Hall–Kier alpha value is -0.600. The standard InChI is InChI=1S/C17H30N4O3.2ClH/c18-17(4-2-1-3-5-17)16(23)21-8-6-20(7-9-21)15(22)14-19-10-12-24-13-11-19;;/h1-14,18H2;2*1H. The van der Waals surface area contributed by atoms with Gasteiger partial charge in [0.1, 0.15) is 0 Å². The zero-order chi connectivity index (χ0) is 17.0. The van der Waals surface area contributed by atoms with Crippen LogP contribution in [0.3, 0.4) is 0 Å². The first kappa shape index (κ1) is 23.4. The third-order valence-corrected chi connectivity index (χ3v) is 5.55. The molecule has 0 unspecified atom stereocenters. The summed E-state index contributed by atoms with van der Waals surface area (Å²) in [6.45, 7) is 5.94. The molecule has 3 aliphatic rings. The quantitative estimate of drug-likeness (QED) is 0.732. The molecule has 0 radical (unpaired) electrons. The lowest BCUT2D eigenvalue weighted by Gasteiger charge is -2.41. The highest BCUT2D eigenvalue weighted by Gasteiger charge is 2.39. The Morgan fingerprint density at radius 2 is 1.38 bits per heavy atom. The molecule has 1 saturated carbocycles. The van der Waals surface area contributed by atoms with Crippen LogP contribution in [-0.4, -0.2) is 91.1 Å². The number of ether oxygens (including phenoxy) is 1. The van der Waals surface area contributed by atoms with E-state index < -0.39 is 5.54 Å². The number of hydrogen-bond donors (Lipinski definition) is 1. The van der Waals surface area contributed by atoms with E-state index in [1.54, 1.807) is 0 Å². The molecule has 9 heteroatoms. The highest BCUT2D eigenvalue weighted by Crippen LogP contribution is 2.28. The Labute approximate surface area is 168 Å². The number of carbonyl (C=O) groups is 2. The van der Waals surface area contributed by atoms with Crippen molar-refractivity contribution in [3.63, 3.8) is 0 Å². The zero-order valence-electron chi connectivity index (χ0n) is 15.4. The van der Waals surface area contributed by atoms with Crippen LogP contribution in [0.15, 0.2) is 0 Å². The predicted octanol–water partition coefficient (Wildman–Crippen LogP) is 0.495. The molecule has 0 aromatic rings. The number of hydrogen-bond acceptors (Lipinski definition) is 5. The van der Waals surface area contributed by atoms with Gasteiger partial charge in [-0.05, 0) is 12.8 Å². The van der Waals surface area contributed by atoms with E-state index in [1.807, 2.05) is 9.80 Å². The topological polar surface area (TPSA) is 79.1 Å². The molecule has 0 aromatic carbocycles. The normalized spacial score (nSPS) is 23.6. The van der Waals surface area contributed by atoms with E-state index in [9.17, 15) is 9.59 Å². The molecular weight excluding hydrogens is 379 g/mol. The van der Waals surface area contributed by atoms with Crippen molar-refractivity contribution in [2.75, 3.05) is 59.0 Å². The smallest absolute Gasteiger partial charge is 0.242 e. The monoisotopic (exact) mass is 410 g/mol. The lowest BCUT2D eigenvalue weighted by molar-refractivity contribution is -0.144. The van der Waals surface area contributed by atoms with E-state index in [-0.39, 0.29) is 36.6 Å². The van der Waals surface area contributed by atoms with E-state index in [0.717, 1.165) is 38.8 Å². The second kappa shape index (κ2) is 10.7. The van der Waals surface area contributed by atoms with Crippen molar-refractivity contribution in [2.24, 2.45) is 5.73 Å². The fourth-order valence-electron chi connectivity index (χ4n) is 3.92. The first-order chi connectivity index (χ1) is 11.6. The number of piperazine rings is 1. The van der Waals surface area contributed by atoms with Crippen molar-refractivity contribution in [1.82, 2.24) is 14.7 Å². The van der Waals surface area contributed by atoms with Crippen molar-refractivity contribution >= 4 is 36.6 Å². The summed E-state index contributed by atoms with van der Waals surface area (Å²) in [5.41, 5.74) is 5.69. The van der Waals surface area contributed by atoms with Crippen molar-refractivity contribution in [1.29, 1.82) is 0 Å². The number of morpholine rings is 1. The molecular formula is C17H32Cl2N4O3. The molecule has 152 valence electrons. The maximum atomic E-state index is 12.7. The molecule has 1 aliphatic carbocycles. The van der Waals surface area contributed by atoms with Gasteiger partial charge in [0, 0.05) is 39.3 Å². The van der Waals surface area contributed by atoms with Gasteiger partial charge in [-0.2, -0.15) is 0 Å². The summed E-state index contributed by atoms with van der Waals surface area (Å²) < 4.78 is 5.31. The molecule has 0 bridgehead atoms. The van der Waals surface area contributed by atoms with E-state index in [1.165, 1.54) is 6.42 Å². The van der Waals surface area contributed by atoms with Crippen LogP contribution in [0.25, 0.3) is 0 Å². The molecule has 0 atom stereocenters. The van der Waals surface area contributed by atoms with Gasteiger partial charge < -0.3 is 20.3 Å². The highest BCUT2D eigenvalue weighted by molar-refractivity contribution is 5.87. The van der Waals surface area contributed by atoms with Gasteiger partial charge in [-0.15, -0.1) is 24.8 Å². The van der Waals surface area contributed by atoms with Crippen LogP contribution in [0.1, 0.15) is 32.1 Å². The lowest BCUT2D eigenvalue weighted by Crippen LogP contribution is -2.61. The Balaban J connectivity index is 0.00000169. The number of nitrogens with two attached hydrogens (primary N) is 1. The van der Waals surface area contributed by atoms with Gasteiger partial charge in [0.25, 0.3) is 0 Å². The van der Waals surface area contributed by atoms with Gasteiger partial charge in [-0.3, -0.25) is 14.5 Å². The number of halogens is 2. The summed E-state index contributed by atoms with van der Waals surface area (Å²) in [6.07, 6.45) is 4.85. The highest BCUT2D eigenvalue weighted by atomic mass is 35.5. The first-order valence-electron chi connectivity index (χ1n) is 9.25. The molecule has 26 heavy (non-hydrogen) atoms. The summed E-state index contributed by atoms with van der Waals surface area (Å²) in [5, 5.41) is 0. The molecule has 2 N–H and O–H groups in total. The third-order valence-electron chi connectivity index (χ3n) is 5.55. The fourth-order valence-corrected chi connectivity index (χ4v) is 3.92. The molecule has 2 heterocycles. The van der Waals surface area contributed by atoms with E-state index in [0.29, 0.717) is 45.9 Å². The molecule has 2 amide bonds. The van der Waals surface area contributed by atoms with Crippen LogP contribution in [-0.2, 0) is 14.3 Å². The first-order valence-corrected chi connectivity index (χ1v) is 9.25. The summed E-state index contributed by atoms with van der Waals surface area (Å²) in [6, 6.07) is 0. The molecule has 0 aromatic heterocycles. The Morgan fingerprint density at radius 3 is 1.96 bits per heavy atom. The van der Waals surface area contributed by atoms with Gasteiger partial charge in [-0.1, -0.05) is 19.3 Å². The average Bonchev–Trinajstić information content (AvgIpc) is 2.63. The molecule has 2 saturated heterocycles. The Bertz CT molecular complexity index is 461. The number of amides is 2. The second-order valence-corrected chi connectivity index (χ2v) is 7.28. The maximum absolute atomic E-state index is 12.7. The summed E-state index contributed by atoms with van der Waals surface area (Å²) in [7, 11) is 0. The predicted molar refractivity (Wildman–Crippen MR) is 105 cm³/mol. The van der Waals surface area contributed by atoms with Crippen LogP contribution >= 0.6 is 24.8 Å². The Morgan fingerprint density at radius 1 is 0.846 bits per heavy atom. The summed E-state index contributed by atoms with van der Waals surface area (Å²) >= 11 is 0. The van der Waals surface area contributed by atoms with Crippen LogP contribution in [0.5, 0.6) is 0 Å². The lowest BCUT2D eigenvalue weighted by atomic mass is 9.81. The second-order valence-electron chi connectivity index (χ2n) is 7.28. The minimum Gasteiger partial charge on any atom is -0.379 e. The molecule has 0 spiro atoms. The number of rotatable bonds is 3. The Kier molecular flexibility index (Phi) is 9.61. The molecule has 3 fully saturated rings. The summed E-state index contributed by atoms with van der Waals surface area (Å²) in [4.78, 5) is 31.0. The van der Waals surface area contributed by atoms with Crippen molar-refractivity contribution in [3.8, 4) is 0 Å². The minimum absolute atomic E-state index is 0. The fraction of sp³-hybridized carbons (Fsp3) is 0.882. The van der Waals surface area contributed by atoms with Crippen LogP contribution in [0.4, 0.5) is 0 Å². The zero-order valence-corrected chi connectivity index (χ0v) is 17.0.